The van der Waals surface area contributed by atoms with Gasteiger partial charge in [-0.2, -0.15) is 0 Å². The molecule has 0 bridgehead atoms. The summed E-state index contributed by atoms with van der Waals surface area (Å²) in [5.41, 5.74) is 3.26. The van der Waals surface area contributed by atoms with Gasteiger partial charge in [0.15, 0.2) is 5.12 Å². The zero-order valence-corrected chi connectivity index (χ0v) is 12.6. The van der Waals surface area contributed by atoms with Gasteiger partial charge in [0.2, 0.25) is 0 Å². The van der Waals surface area contributed by atoms with Crippen LogP contribution >= 0.6 is 11.8 Å². The second-order valence-electron chi connectivity index (χ2n) is 4.82. The van der Waals surface area contributed by atoms with Crippen molar-refractivity contribution in [3.63, 3.8) is 0 Å². The van der Waals surface area contributed by atoms with Crippen LogP contribution in [0.3, 0.4) is 0 Å². The summed E-state index contributed by atoms with van der Waals surface area (Å²) in [7, 11) is 0. The van der Waals surface area contributed by atoms with Crippen molar-refractivity contribution in [2.75, 3.05) is 5.75 Å². The molecule has 2 nitrogen and oxygen atoms in total. The molecule has 0 aliphatic carbocycles. The average molecular weight is 293 g/mol. The van der Waals surface area contributed by atoms with Crippen molar-refractivity contribution >= 4 is 38.7 Å². The largest absolute Gasteiger partial charge is 0.354 e. The van der Waals surface area contributed by atoms with E-state index in [2.05, 4.69) is 47.2 Å². The third kappa shape index (κ3) is 3.12. The van der Waals surface area contributed by atoms with Crippen LogP contribution < -0.4 is 0 Å². The van der Waals surface area contributed by atoms with Crippen LogP contribution in [0, 0.1) is 11.8 Å². The number of benzene rings is 2. The van der Waals surface area contributed by atoms with Crippen molar-refractivity contribution in [3.05, 3.63) is 48.0 Å². The number of aromatic nitrogens is 1. The Morgan fingerprint density at radius 1 is 1.14 bits per heavy atom. The fourth-order valence-corrected chi connectivity index (χ4v) is 2.83. The van der Waals surface area contributed by atoms with Crippen molar-refractivity contribution in [2.45, 2.75) is 13.3 Å². The molecule has 104 valence electrons. The van der Waals surface area contributed by atoms with Crippen LogP contribution in [-0.4, -0.2) is 15.9 Å². The number of carbonyl (C=O) groups is 1. The molecule has 0 spiro atoms. The lowest BCUT2D eigenvalue weighted by molar-refractivity contribution is -0.109. The van der Waals surface area contributed by atoms with Crippen molar-refractivity contribution in [3.8, 4) is 11.8 Å². The highest BCUT2D eigenvalue weighted by molar-refractivity contribution is 8.13. The first-order chi connectivity index (χ1) is 10.2. The zero-order chi connectivity index (χ0) is 14.7. The summed E-state index contributed by atoms with van der Waals surface area (Å²) in [4.78, 5) is 14.2. The van der Waals surface area contributed by atoms with Crippen LogP contribution in [0.1, 0.15) is 18.9 Å². The van der Waals surface area contributed by atoms with Crippen molar-refractivity contribution in [1.29, 1.82) is 0 Å². The Labute approximate surface area is 127 Å². The van der Waals surface area contributed by atoms with Crippen LogP contribution in [0.2, 0.25) is 0 Å². The van der Waals surface area contributed by atoms with Crippen LogP contribution in [0.5, 0.6) is 0 Å². The second-order valence-corrected chi connectivity index (χ2v) is 6.09. The number of nitrogens with one attached hydrogen (secondary N) is 1. The van der Waals surface area contributed by atoms with Gasteiger partial charge in [-0.3, -0.25) is 4.79 Å². The maximum atomic E-state index is 10.8. The van der Waals surface area contributed by atoms with Gasteiger partial charge >= 0.3 is 0 Å². The molecular weight excluding hydrogens is 278 g/mol. The molecule has 0 fully saturated rings. The van der Waals surface area contributed by atoms with E-state index < -0.39 is 0 Å². The number of thioether (sulfide) groups is 1. The monoisotopic (exact) mass is 293 g/mol. The molecule has 1 heterocycles. The number of hydrogen-bond donors (Lipinski definition) is 1. The third-order valence-corrected chi connectivity index (χ3v) is 4.09. The van der Waals surface area contributed by atoms with E-state index in [9.17, 15) is 4.79 Å². The van der Waals surface area contributed by atoms with Crippen molar-refractivity contribution in [2.24, 2.45) is 0 Å². The molecule has 1 N–H and O–H groups in total. The van der Waals surface area contributed by atoms with Gasteiger partial charge in [-0.25, -0.2) is 0 Å². The average Bonchev–Trinajstić information content (AvgIpc) is 2.84. The Kier molecular flexibility index (Phi) is 3.98. The van der Waals surface area contributed by atoms with Crippen molar-refractivity contribution in [1.82, 2.24) is 4.98 Å². The lowest BCUT2D eigenvalue weighted by atomic mass is 10.1. The van der Waals surface area contributed by atoms with Crippen LogP contribution in [-0.2, 0) is 4.79 Å². The fraction of sp³-hybridized carbons (Fsp3) is 0.167. The third-order valence-electron chi connectivity index (χ3n) is 3.27. The highest BCUT2D eigenvalue weighted by atomic mass is 32.2. The van der Waals surface area contributed by atoms with Gasteiger partial charge in [-0.15, -0.1) is 0 Å². The number of carbonyl (C=O) groups excluding carboxylic acids is 1. The zero-order valence-electron chi connectivity index (χ0n) is 11.8. The molecular formula is C18H15NOS. The van der Waals surface area contributed by atoms with E-state index in [1.807, 2.05) is 12.1 Å². The Bertz CT molecular complexity index is 867. The number of H-pyrrole nitrogens is 1. The Morgan fingerprint density at radius 2 is 1.95 bits per heavy atom. The highest BCUT2D eigenvalue weighted by Crippen LogP contribution is 2.25. The van der Waals surface area contributed by atoms with Gasteiger partial charge in [-0.05, 0) is 18.2 Å². The molecule has 0 saturated heterocycles. The molecule has 21 heavy (non-hydrogen) atoms. The highest BCUT2D eigenvalue weighted by Gasteiger charge is 2.03. The minimum atomic E-state index is 0.149. The van der Waals surface area contributed by atoms with E-state index in [0.717, 1.165) is 28.8 Å². The van der Waals surface area contributed by atoms with Gasteiger partial charge in [0.05, 0.1) is 0 Å². The summed E-state index contributed by atoms with van der Waals surface area (Å²) in [5.74, 6) is 7.04. The molecule has 3 aromatic rings. The van der Waals surface area contributed by atoms with Gasteiger partial charge in [0, 0.05) is 46.5 Å². The quantitative estimate of drug-likeness (QED) is 0.563. The minimum Gasteiger partial charge on any atom is -0.354 e. The first-order valence-electron chi connectivity index (χ1n) is 6.87. The fourth-order valence-electron chi connectivity index (χ4n) is 2.34. The molecule has 3 rings (SSSR count). The first kappa shape index (κ1) is 13.8. The lowest BCUT2D eigenvalue weighted by Gasteiger charge is -1.93. The molecule has 3 heteroatoms. The van der Waals surface area contributed by atoms with Crippen LogP contribution in [0.15, 0.2) is 42.5 Å². The maximum Gasteiger partial charge on any atom is 0.185 e. The normalized spacial score (nSPS) is 10.5. The first-order valence-corrected chi connectivity index (χ1v) is 7.85. The number of aromatic amines is 1. The molecule has 2 aromatic carbocycles. The summed E-state index contributed by atoms with van der Waals surface area (Å²) in [6.45, 7) is 1.59. The van der Waals surface area contributed by atoms with Gasteiger partial charge in [0.1, 0.15) is 0 Å². The Hall–Kier alpha value is -2.18. The van der Waals surface area contributed by atoms with Gasteiger partial charge < -0.3 is 4.98 Å². The lowest BCUT2D eigenvalue weighted by Crippen LogP contribution is -1.84. The number of hydrogen-bond acceptors (Lipinski definition) is 2. The minimum absolute atomic E-state index is 0.149. The van der Waals surface area contributed by atoms with E-state index in [4.69, 9.17) is 0 Å². The summed E-state index contributed by atoms with van der Waals surface area (Å²) in [6, 6.07) is 14.5. The molecule has 0 aliphatic rings. The summed E-state index contributed by atoms with van der Waals surface area (Å²) < 4.78 is 0. The summed E-state index contributed by atoms with van der Waals surface area (Å²) >= 11 is 1.32. The Balaban J connectivity index is 1.83. The Morgan fingerprint density at radius 3 is 2.81 bits per heavy atom. The van der Waals surface area contributed by atoms with Crippen LogP contribution in [0.4, 0.5) is 0 Å². The van der Waals surface area contributed by atoms with Crippen LogP contribution in [0.25, 0.3) is 21.8 Å². The molecule has 0 aliphatic heterocycles. The topological polar surface area (TPSA) is 32.9 Å². The number of para-hydroxylation sites is 1. The van der Waals surface area contributed by atoms with Gasteiger partial charge in [-0.1, -0.05) is 47.9 Å². The van der Waals surface area contributed by atoms with Crippen molar-refractivity contribution < 1.29 is 4.79 Å². The SMILES string of the molecule is CC(=O)SCCC#Cc1ccc2c(c1)[nH]c1ccccc12. The van der Waals surface area contributed by atoms with E-state index in [1.54, 1.807) is 6.92 Å². The smallest absolute Gasteiger partial charge is 0.185 e. The van der Waals surface area contributed by atoms with E-state index in [1.165, 1.54) is 22.5 Å². The molecule has 0 unspecified atom stereocenters. The summed E-state index contributed by atoms with van der Waals surface area (Å²) in [6.07, 6.45) is 0.731. The van der Waals surface area contributed by atoms with E-state index in [-0.39, 0.29) is 5.12 Å². The molecule has 0 saturated carbocycles. The summed E-state index contributed by atoms with van der Waals surface area (Å²) in [5, 5.41) is 2.62. The number of fused-ring (bicyclic) bond motifs is 3. The predicted octanol–water partition coefficient (Wildman–Crippen LogP) is 4.34. The molecule has 0 amide bonds. The molecule has 0 atom stereocenters. The molecule has 1 aromatic heterocycles. The maximum absolute atomic E-state index is 10.8. The van der Waals surface area contributed by atoms with Gasteiger partial charge in [0.25, 0.3) is 0 Å². The second kappa shape index (κ2) is 6.07. The number of rotatable bonds is 2. The van der Waals surface area contributed by atoms with E-state index >= 15 is 0 Å². The van der Waals surface area contributed by atoms with E-state index in [0.29, 0.717) is 0 Å². The standard InChI is InChI=1S/C18H15NOS/c1-13(20)21-11-5-4-6-14-9-10-16-15-7-2-3-8-17(15)19-18(16)12-14/h2-3,7-10,12,19H,5,11H2,1H3. The predicted molar refractivity (Wildman–Crippen MR) is 90.4 cm³/mol. The molecule has 0 radical (unpaired) electrons.